The van der Waals surface area contributed by atoms with Gasteiger partial charge in [-0.15, -0.1) is 30.3 Å². The van der Waals surface area contributed by atoms with Crippen molar-refractivity contribution >= 4 is 46.4 Å². The molecule has 308 valence electrons. The molecule has 4 heterocycles. The maximum absolute atomic E-state index is 6.74. The number of rotatable bonds is 7. The second-order valence-electron chi connectivity index (χ2n) is 16.1. The fourth-order valence-electron chi connectivity index (χ4n) is 9.59. The fraction of sp³-hybridized carbons (Fsp3) is 0.0357. The number of hydrogen-bond acceptors (Lipinski definition) is 4. The van der Waals surface area contributed by atoms with Crippen molar-refractivity contribution in [1.82, 2.24) is 9.55 Å². The fourth-order valence-corrected chi connectivity index (χ4v) is 9.59. The van der Waals surface area contributed by atoms with Gasteiger partial charge in [0.1, 0.15) is 5.82 Å². The molecule has 0 amide bonds. The van der Waals surface area contributed by atoms with E-state index in [-0.39, 0.29) is 28.0 Å². The van der Waals surface area contributed by atoms with Crippen LogP contribution >= 0.6 is 0 Å². The summed E-state index contributed by atoms with van der Waals surface area (Å²) in [5.41, 5.74) is 17.4. The number of hydrogen-bond donors (Lipinski definition) is 0. The number of aryl methyl sites for hydroxylation is 2. The van der Waals surface area contributed by atoms with Crippen LogP contribution in [-0.4, -0.2) is 16.5 Å². The number of fused-ring (bicyclic) bond motifs is 9. The van der Waals surface area contributed by atoms with E-state index >= 15 is 0 Å². The molecule has 8 aromatic carbocycles. The second kappa shape index (κ2) is 16.0. The van der Waals surface area contributed by atoms with Gasteiger partial charge in [0.15, 0.2) is 0 Å². The number of nitrogens with zero attached hydrogens (tertiary/aromatic N) is 5. The molecule has 0 saturated carbocycles. The first-order valence-corrected chi connectivity index (χ1v) is 21.3. The molecule has 8 heteroatoms. The van der Waals surface area contributed by atoms with Crippen LogP contribution in [0.3, 0.4) is 0 Å². The monoisotopic (exact) mass is 1000 g/mol. The van der Waals surface area contributed by atoms with E-state index in [4.69, 9.17) is 9.72 Å². The molecule has 0 radical (unpaired) electrons. The van der Waals surface area contributed by atoms with Crippen molar-refractivity contribution < 1.29 is 30.4 Å². The summed E-state index contributed by atoms with van der Waals surface area (Å²) >= 11 is 0. The third-order valence-electron chi connectivity index (χ3n) is 12.3. The van der Waals surface area contributed by atoms with Gasteiger partial charge in [0.2, 0.25) is 0 Å². The molecule has 0 saturated heterocycles. The van der Waals surface area contributed by atoms with Crippen LogP contribution in [0.25, 0.3) is 55.8 Å². The number of ether oxygens (including phenoxy) is 1. The Kier molecular flexibility index (Phi) is 9.86. The summed E-state index contributed by atoms with van der Waals surface area (Å²) < 4.78 is 11.0. The van der Waals surface area contributed by atoms with Crippen LogP contribution in [0.5, 0.6) is 11.5 Å². The predicted octanol–water partition coefficient (Wildman–Crippen LogP) is 12.1. The van der Waals surface area contributed by atoms with Crippen molar-refractivity contribution in [3.8, 4) is 56.3 Å². The Morgan fingerprint density at radius 1 is 0.547 bits per heavy atom. The van der Waals surface area contributed by atoms with E-state index in [1.54, 1.807) is 0 Å². The predicted molar refractivity (Wildman–Crippen MR) is 254 cm³/mol. The molecular weight excluding hydrogens is 965 g/mol. The molecule has 6 nitrogen and oxygen atoms in total. The Morgan fingerprint density at radius 2 is 1.17 bits per heavy atom. The van der Waals surface area contributed by atoms with E-state index in [1.165, 1.54) is 27.8 Å². The van der Waals surface area contributed by atoms with Crippen molar-refractivity contribution in [3.63, 3.8) is 0 Å². The molecule has 2 aromatic heterocycles. The van der Waals surface area contributed by atoms with E-state index in [9.17, 15) is 0 Å². The Morgan fingerprint density at radius 3 is 1.94 bits per heavy atom. The first-order valence-electron chi connectivity index (χ1n) is 21.3. The van der Waals surface area contributed by atoms with Gasteiger partial charge in [-0.25, -0.2) is 4.98 Å². The molecule has 0 N–H and O–H groups in total. The molecule has 0 aliphatic carbocycles. The van der Waals surface area contributed by atoms with Crippen molar-refractivity contribution in [2.24, 2.45) is 0 Å². The smallest absolute Gasteiger partial charge is 0.409 e. The summed E-state index contributed by atoms with van der Waals surface area (Å²) in [4.78, 5) is 9.78. The van der Waals surface area contributed by atoms with Crippen LogP contribution in [0.4, 0.5) is 22.9 Å². The zero-order valence-electron chi connectivity index (χ0n) is 35.0. The normalized spacial score (nSPS) is 12.3. The van der Waals surface area contributed by atoms with E-state index in [2.05, 4.69) is 215 Å². The van der Waals surface area contributed by atoms with E-state index in [0.29, 0.717) is 11.5 Å². The van der Waals surface area contributed by atoms with Gasteiger partial charge in [0, 0.05) is 50.0 Å². The molecule has 0 spiro atoms. The Balaban J connectivity index is 0.00000456. The second-order valence-corrected chi connectivity index (χ2v) is 16.1. The molecule has 2 aliphatic heterocycles. The summed E-state index contributed by atoms with van der Waals surface area (Å²) in [7, 11) is 0. The van der Waals surface area contributed by atoms with E-state index in [1.807, 2.05) is 30.5 Å². The number of anilines is 4. The SMILES string of the molecule is Cc1cccc(C)c1N1B2c3ccccc3-c3cccnc3N2c2[c-]c(Oc3[c-]c(-n4[c-][n+](-c5c(-c6ccccc6)cccc5-c5ccccc5)c5ccccc54)ccc3)ccc21.[Pt]. The van der Waals surface area contributed by atoms with Gasteiger partial charge in [-0.3, -0.25) is 4.57 Å². The maximum atomic E-state index is 6.74. The first-order chi connectivity index (χ1) is 31.1. The van der Waals surface area contributed by atoms with Gasteiger partial charge in [0.05, 0.1) is 16.7 Å². The minimum absolute atomic E-state index is 0. The van der Waals surface area contributed by atoms with Crippen molar-refractivity contribution in [2.75, 3.05) is 9.62 Å². The standard InChI is InChI=1S/C56H38BN5O.Pt/c1-38-17-13-18-39(2)54(38)61-52-33-32-44(36-53(52)62-56-48(28-16-34-58-56)47-25-9-10-29-49(47)57(61)62)63-43-24-14-23-42(35-43)59-37-60(51-31-12-11-30-50(51)59)55-45(40-19-5-3-6-20-40)26-15-27-46(55)41-21-7-4-8-22-41;/h3-34H,1-2H3;/q-2;. The number of aromatic nitrogens is 3. The zero-order valence-corrected chi connectivity index (χ0v) is 37.3. The van der Waals surface area contributed by atoms with E-state index < -0.39 is 0 Å². The van der Waals surface area contributed by atoms with Crippen LogP contribution in [0.15, 0.2) is 194 Å². The van der Waals surface area contributed by atoms with Crippen LogP contribution in [0, 0.1) is 32.3 Å². The minimum Gasteiger partial charge on any atom is -0.510 e. The third-order valence-corrected chi connectivity index (χ3v) is 12.3. The molecule has 0 bridgehead atoms. The Labute approximate surface area is 387 Å². The van der Waals surface area contributed by atoms with Gasteiger partial charge in [0.25, 0.3) is 6.33 Å². The number of benzene rings is 8. The van der Waals surface area contributed by atoms with Gasteiger partial charge in [-0.05, 0) is 76.1 Å². The van der Waals surface area contributed by atoms with Gasteiger partial charge >= 0.3 is 6.98 Å². The molecule has 10 aromatic rings. The quantitative estimate of drug-likeness (QED) is 0.0906. The number of para-hydroxylation sites is 4. The van der Waals surface area contributed by atoms with Gasteiger partial charge in [-0.1, -0.05) is 157 Å². The molecule has 2 aliphatic rings. The minimum atomic E-state index is -0.168. The van der Waals surface area contributed by atoms with E-state index in [0.717, 1.165) is 67.4 Å². The topological polar surface area (TPSA) is 37.4 Å². The van der Waals surface area contributed by atoms with Crippen LogP contribution in [-0.2, 0) is 21.1 Å². The van der Waals surface area contributed by atoms with Crippen LogP contribution in [0.2, 0.25) is 0 Å². The largest absolute Gasteiger partial charge is 0.510 e. The van der Waals surface area contributed by atoms with Gasteiger partial charge in [-0.2, -0.15) is 12.1 Å². The van der Waals surface area contributed by atoms with Crippen molar-refractivity contribution in [2.45, 2.75) is 13.8 Å². The Bertz CT molecular complexity index is 3310. The van der Waals surface area contributed by atoms with Crippen LogP contribution in [0.1, 0.15) is 11.1 Å². The zero-order chi connectivity index (χ0) is 42.0. The molecule has 64 heavy (non-hydrogen) atoms. The summed E-state index contributed by atoms with van der Waals surface area (Å²) in [5, 5.41) is 0. The number of pyridine rings is 1. The van der Waals surface area contributed by atoms with Crippen molar-refractivity contribution in [1.29, 1.82) is 0 Å². The summed E-state index contributed by atoms with van der Waals surface area (Å²) in [5.74, 6) is 2.05. The number of imidazole rings is 1. The van der Waals surface area contributed by atoms with Gasteiger partial charge < -0.3 is 18.9 Å². The van der Waals surface area contributed by atoms with Crippen LogP contribution < -0.4 is 24.4 Å². The summed E-state index contributed by atoms with van der Waals surface area (Å²) in [6.45, 7) is 4.21. The maximum Gasteiger partial charge on any atom is 0.409 e. The molecule has 12 rings (SSSR count). The molecule has 0 fully saturated rings. The first kappa shape index (κ1) is 39.4. The Hall–Kier alpha value is -7.47. The summed E-state index contributed by atoms with van der Waals surface area (Å²) in [6, 6.07) is 72.9. The average molecular weight is 1000 g/mol. The molecule has 0 atom stereocenters. The molecular formula is C56H38BN5OPt-2. The molecule has 0 unspecified atom stereocenters. The average Bonchev–Trinajstić information content (AvgIpc) is 3.89. The summed E-state index contributed by atoms with van der Waals surface area (Å²) in [6.07, 6.45) is 5.64. The third kappa shape index (κ3) is 6.38. The van der Waals surface area contributed by atoms with Crippen molar-refractivity contribution in [3.05, 3.63) is 224 Å².